The van der Waals surface area contributed by atoms with E-state index in [1.165, 1.54) is 37.8 Å². The maximum absolute atomic E-state index is 13.1. The monoisotopic (exact) mass is 377 g/mol. The molecule has 1 aromatic heterocycles. The molecule has 0 spiro atoms. The van der Waals surface area contributed by atoms with Crippen LogP contribution >= 0.6 is 11.6 Å². The van der Waals surface area contributed by atoms with Gasteiger partial charge in [-0.3, -0.25) is 4.79 Å². The van der Waals surface area contributed by atoms with Crippen molar-refractivity contribution in [2.24, 2.45) is 0 Å². The minimum atomic E-state index is -0.280. The SMILES string of the molecule is Cc1nn(Cc2ccc(F)cc2)c(Cl)c1C(=O)N(C)C1CCCCCC1. The van der Waals surface area contributed by atoms with Crippen molar-refractivity contribution in [2.45, 2.75) is 58.0 Å². The highest BCUT2D eigenvalue weighted by Gasteiger charge is 2.27. The van der Waals surface area contributed by atoms with Gasteiger partial charge in [0.2, 0.25) is 0 Å². The Labute approximate surface area is 158 Å². The maximum atomic E-state index is 13.1. The van der Waals surface area contributed by atoms with E-state index in [4.69, 9.17) is 11.6 Å². The van der Waals surface area contributed by atoms with Gasteiger partial charge in [-0.15, -0.1) is 0 Å². The van der Waals surface area contributed by atoms with E-state index in [0.717, 1.165) is 18.4 Å². The van der Waals surface area contributed by atoms with Gasteiger partial charge in [-0.25, -0.2) is 9.07 Å². The minimum absolute atomic E-state index is 0.0650. The topological polar surface area (TPSA) is 38.1 Å². The second-order valence-electron chi connectivity index (χ2n) is 7.10. The number of halogens is 2. The lowest BCUT2D eigenvalue weighted by Gasteiger charge is -2.27. The fourth-order valence-corrected chi connectivity index (χ4v) is 3.97. The van der Waals surface area contributed by atoms with Crippen molar-refractivity contribution in [3.63, 3.8) is 0 Å². The van der Waals surface area contributed by atoms with Gasteiger partial charge in [-0.2, -0.15) is 5.10 Å². The first kappa shape index (κ1) is 18.9. The average Bonchev–Trinajstić information content (AvgIpc) is 2.82. The molecule has 26 heavy (non-hydrogen) atoms. The molecule has 0 saturated heterocycles. The van der Waals surface area contributed by atoms with Crippen molar-refractivity contribution in [3.8, 4) is 0 Å². The fourth-order valence-electron chi connectivity index (χ4n) is 3.65. The molecule has 1 fully saturated rings. The highest BCUT2D eigenvalue weighted by atomic mass is 35.5. The summed E-state index contributed by atoms with van der Waals surface area (Å²) >= 11 is 6.50. The van der Waals surface area contributed by atoms with Gasteiger partial charge in [0.1, 0.15) is 11.0 Å². The van der Waals surface area contributed by atoms with E-state index in [0.29, 0.717) is 23.0 Å². The van der Waals surface area contributed by atoms with Crippen molar-refractivity contribution < 1.29 is 9.18 Å². The summed E-state index contributed by atoms with van der Waals surface area (Å²) in [7, 11) is 1.87. The van der Waals surface area contributed by atoms with Crippen molar-refractivity contribution in [2.75, 3.05) is 7.05 Å². The predicted molar refractivity (Wildman–Crippen MR) is 101 cm³/mol. The molecule has 0 unspecified atom stereocenters. The number of carbonyl (C=O) groups excluding carboxylic acids is 1. The standard InChI is InChI=1S/C20H25ClFN3O/c1-14-18(20(26)24(2)17-7-5-3-4-6-8-17)19(21)25(23-14)13-15-9-11-16(22)12-10-15/h9-12,17H,3-8,13H2,1-2H3. The third-order valence-electron chi connectivity index (χ3n) is 5.22. The van der Waals surface area contributed by atoms with Gasteiger partial charge < -0.3 is 4.90 Å². The summed E-state index contributed by atoms with van der Waals surface area (Å²) in [4.78, 5) is 14.9. The zero-order valence-electron chi connectivity index (χ0n) is 15.3. The first-order valence-corrected chi connectivity index (χ1v) is 9.59. The largest absolute Gasteiger partial charge is 0.339 e. The number of nitrogens with zero attached hydrogens (tertiary/aromatic N) is 3. The molecule has 1 saturated carbocycles. The Kier molecular flexibility index (Phi) is 5.97. The average molecular weight is 378 g/mol. The van der Waals surface area contributed by atoms with Gasteiger partial charge in [0.25, 0.3) is 5.91 Å². The van der Waals surface area contributed by atoms with Crippen molar-refractivity contribution in [3.05, 3.63) is 52.1 Å². The molecule has 0 aliphatic heterocycles. The molecule has 6 heteroatoms. The molecule has 1 aliphatic carbocycles. The van der Waals surface area contributed by atoms with Crippen LogP contribution in [0.4, 0.5) is 4.39 Å². The van der Waals surface area contributed by atoms with Crippen molar-refractivity contribution in [1.29, 1.82) is 0 Å². The zero-order valence-corrected chi connectivity index (χ0v) is 16.1. The summed E-state index contributed by atoms with van der Waals surface area (Å²) in [5.41, 5.74) is 1.98. The van der Waals surface area contributed by atoms with E-state index in [1.54, 1.807) is 23.7 Å². The second-order valence-corrected chi connectivity index (χ2v) is 7.45. The minimum Gasteiger partial charge on any atom is -0.339 e. The number of hydrogen-bond acceptors (Lipinski definition) is 2. The van der Waals surface area contributed by atoms with Gasteiger partial charge in [-0.05, 0) is 37.5 Å². The van der Waals surface area contributed by atoms with E-state index >= 15 is 0 Å². The third-order valence-corrected chi connectivity index (χ3v) is 5.60. The number of rotatable bonds is 4. The molecule has 0 bridgehead atoms. The maximum Gasteiger partial charge on any atom is 0.258 e. The summed E-state index contributed by atoms with van der Waals surface area (Å²) in [5.74, 6) is -0.345. The number of hydrogen-bond donors (Lipinski definition) is 0. The quantitative estimate of drug-likeness (QED) is 0.716. The van der Waals surface area contributed by atoms with E-state index < -0.39 is 0 Å². The third kappa shape index (κ3) is 4.09. The van der Waals surface area contributed by atoms with Crippen LogP contribution in [0.25, 0.3) is 0 Å². The summed E-state index contributed by atoms with van der Waals surface area (Å²) in [6.45, 7) is 2.21. The van der Waals surface area contributed by atoms with Gasteiger partial charge >= 0.3 is 0 Å². The lowest BCUT2D eigenvalue weighted by atomic mass is 10.1. The summed E-state index contributed by atoms with van der Waals surface area (Å²) in [5, 5.41) is 4.78. The van der Waals surface area contributed by atoms with E-state index in [1.807, 2.05) is 11.9 Å². The summed E-state index contributed by atoms with van der Waals surface area (Å²) < 4.78 is 14.7. The molecule has 1 aromatic carbocycles. The lowest BCUT2D eigenvalue weighted by molar-refractivity contribution is 0.0717. The molecule has 0 N–H and O–H groups in total. The molecule has 3 rings (SSSR count). The zero-order chi connectivity index (χ0) is 18.7. The van der Waals surface area contributed by atoms with E-state index in [-0.39, 0.29) is 17.8 Å². The van der Waals surface area contributed by atoms with Crippen LogP contribution in [0.15, 0.2) is 24.3 Å². The van der Waals surface area contributed by atoms with Gasteiger partial charge in [-0.1, -0.05) is 49.4 Å². The lowest BCUT2D eigenvalue weighted by Crippen LogP contribution is -2.37. The van der Waals surface area contributed by atoms with Crippen LogP contribution in [0, 0.1) is 12.7 Å². The molecule has 0 atom stereocenters. The Morgan fingerprint density at radius 1 is 1.23 bits per heavy atom. The van der Waals surface area contributed by atoms with Crippen LogP contribution in [0.3, 0.4) is 0 Å². The van der Waals surface area contributed by atoms with Crippen LogP contribution in [0.2, 0.25) is 5.15 Å². The van der Waals surface area contributed by atoms with E-state index in [9.17, 15) is 9.18 Å². The number of aryl methyl sites for hydroxylation is 1. The molecule has 4 nitrogen and oxygen atoms in total. The number of amides is 1. The molecule has 1 aliphatic rings. The highest BCUT2D eigenvalue weighted by Crippen LogP contribution is 2.26. The van der Waals surface area contributed by atoms with Gasteiger partial charge in [0.05, 0.1) is 17.8 Å². The Hall–Kier alpha value is -1.88. The number of benzene rings is 1. The smallest absolute Gasteiger partial charge is 0.258 e. The highest BCUT2D eigenvalue weighted by molar-refractivity contribution is 6.33. The van der Waals surface area contributed by atoms with E-state index in [2.05, 4.69) is 5.10 Å². The normalized spacial score (nSPS) is 15.7. The van der Waals surface area contributed by atoms with Crippen LogP contribution in [0.5, 0.6) is 0 Å². The van der Waals surface area contributed by atoms with Crippen LogP contribution in [-0.2, 0) is 6.54 Å². The summed E-state index contributed by atoms with van der Waals surface area (Å²) in [6.07, 6.45) is 6.91. The molecular weight excluding hydrogens is 353 g/mol. The van der Waals surface area contributed by atoms with Gasteiger partial charge in [0, 0.05) is 13.1 Å². The van der Waals surface area contributed by atoms with Gasteiger partial charge in [0.15, 0.2) is 0 Å². The van der Waals surface area contributed by atoms with Crippen molar-refractivity contribution in [1.82, 2.24) is 14.7 Å². The molecule has 1 heterocycles. The van der Waals surface area contributed by atoms with Crippen LogP contribution in [-0.4, -0.2) is 33.7 Å². The Bertz CT molecular complexity index is 764. The van der Waals surface area contributed by atoms with Crippen LogP contribution < -0.4 is 0 Å². The first-order valence-electron chi connectivity index (χ1n) is 9.22. The first-order chi connectivity index (χ1) is 12.5. The molecule has 1 amide bonds. The predicted octanol–water partition coefficient (Wildman–Crippen LogP) is 4.83. The summed E-state index contributed by atoms with van der Waals surface area (Å²) in [6, 6.07) is 6.47. The second kappa shape index (κ2) is 8.21. The van der Waals surface area contributed by atoms with Crippen molar-refractivity contribution >= 4 is 17.5 Å². The number of carbonyl (C=O) groups is 1. The molecule has 0 radical (unpaired) electrons. The molecule has 140 valence electrons. The fraction of sp³-hybridized carbons (Fsp3) is 0.500. The Balaban J connectivity index is 1.80. The molecular formula is C20H25ClFN3O. The Morgan fingerprint density at radius 3 is 2.46 bits per heavy atom. The Morgan fingerprint density at radius 2 is 1.85 bits per heavy atom. The van der Waals surface area contributed by atoms with Crippen LogP contribution in [0.1, 0.15) is 60.1 Å². The molecule has 2 aromatic rings. The number of aromatic nitrogens is 2.